The van der Waals surface area contributed by atoms with Crippen molar-refractivity contribution in [1.29, 1.82) is 10.5 Å². The Kier molecular flexibility index (Phi) is 3.41. The SMILES string of the molecule is N#CC/C(C#N)=C/c1ccc(F)cc1. The number of hydrogen-bond acceptors (Lipinski definition) is 2. The van der Waals surface area contributed by atoms with Gasteiger partial charge in [0.1, 0.15) is 5.82 Å². The second-order valence-corrected chi connectivity index (χ2v) is 2.67. The molecule has 0 saturated heterocycles. The van der Waals surface area contributed by atoms with Crippen molar-refractivity contribution in [2.45, 2.75) is 6.42 Å². The summed E-state index contributed by atoms with van der Waals surface area (Å²) in [7, 11) is 0. The van der Waals surface area contributed by atoms with Crippen LogP contribution in [-0.4, -0.2) is 0 Å². The van der Waals surface area contributed by atoms with Gasteiger partial charge in [0.2, 0.25) is 0 Å². The molecule has 14 heavy (non-hydrogen) atoms. The Morgan fingerprint density at radius 1 is 1.29 bits per heavy atom. The fourth-order valence-corrected chi connectivity index (χ4v) is 0.968. The molecular weight excluding hydrogens is 179 g/mol. The molecular formula is C11H7FN2. The predicted octanol–water partition coefficient (Wildman–Crippen LogP) is 2.65. The summed E-state index contributed by atoms with van der Waals surface area (Å²) in [5.74, 6) is -0.319. The summed E-state index contributed by atoms with van der Waals surface area (Å²) in [5, 5.41) is 17.0. The largest absolute Gasteiger partial charge is 0.207 e. The lowest BCUT2D eigenvalue weighted by atomic mass is 10.1. The zero-order valence-corrected chi connectivity index (χ0v) is 7.37. The van der Waals surface area contributed by atoms with Crippen LogP contribution in [-0.2, 0) is 0 Å². The molecule has 0 N–H and O–H groups in total. The highest BCUT2D eigenvalue weighted by Crippen LogP contribution is 2.09. The Morgan fingerprint density at radius 2 is 1.93 bits per heavy atom. The van der Waals surface area contributed by atoms with Gasteiger partial charge in [-0.1, -0.05) is 12.1 Å². The van der Waals surface area contributed by atoms with Gasteiger partial charge in [-0.25, -0.2) is 4.39 Å². The zero-order valence-electron chi connectivity index (χ0n) is 7.37. The maximum atomic E-state index is 12.5. The van der Waals surface area contributed by atoms with Gasteiger partial charge in [-0.15, -0.1) is 0 Å². The van der Waals surface area contributed by atoms with Crippen LogP contribution in [0.15, 0.2) is 29.8 Å². The molecule has 68 valence electrons. The third kappa shape index (κ3) is 2.73. The Balaban J connectivity index is 2.92. The van der Waals surface area contributed by atoms with E-state index in [0.29, 0.717) is 5.57 Å². The molecule has 0 fully saturated rings. The van der Waals surface area contributed by atoms with E-state index in [1.54, 1.807) is 18.2 Å². The number of nitriles is 2. The molecule has 0 aliphatic rings. The molecule has 0 atom stereocenters. The lowest BCUT2D eigenvalue weighted by molar-refractivity contribution is 0.628. The van der Waals surface area contributed by atoms with Gasteiger partial charge in [-0.05, 0) is 23.8 Å². The van der Waals surface area contributed by atoms with Crippen molar-refractivity contribution in [3.05, 3.63) is 41.2 Å². The monoisotopic (exact) mass is 186 g/mol. The topological polar surface area (TPSA) is 47.6 Å². The average molecular weight is 186 g/mol. The van der Waals surface area contributed by atoms with E-state index in [9.17, 15) is 4.39 Å². The first-order valence-electron chi connectivity index (χ1n) is 3.99. The third-order valence-corrected chi connectivity index (χ3v) is 1.62. The molecule has 2 nitrogen and oxygen atoms in total. The minimum Gasteiger partial charge on any atom is -0.207 e. The van der Waals surface area contributed by atoms with Gasteiger partial charge in [0, 0.05) is 5.57 Å². The van der Waals surface area contributed by atoms with Crippen molar-refractivity contribution in [2.24, 2.45) is 0 Å². The van der Waals surface area contributed by atoms with Crippen LogP contribution in [0, 0.1) is 28.5 Å². The quantitative estimate of drug-likeness (QED) is 0.666. The van der Waals surface area contributed by atoms with Crippen LogP contribution >= 0.6 is 0 Å². The Labute approximate surface area is 81.5 Å². The van der Waals surface area contributed by atoms with Crippen LogP contribution in [0.2, 0.25) is 0 Å². The molecule has 0 aromatic heterocycles. The molecule has 0 saturated carbocycles. The summed E-state index contributed by atoms with van der Waals surface area (Å²) in [6.45, 7) is 0. The summed E-state index contributed by atoms with van der Waals surface area (Å²) in [6.07, 6.45) is 1.65. The highest BCUT2D eigenvalue weighted by atomic mass is 19.1. The summed E-state index contributed by atoms with van der Waals surface area (Å²) >= 11 is 0. The number of halogens is 1. The minimum absolute atomic E-state index is 0.0773. The molecule has 1 aromatic carbocycles. The van der Waals surface area contributed by atoms with Crippen LogP contribution in [0.5, 0.6) is 0 Å². The Morgan fingerprint density at radius 3 is 2.43 bits per heavy atom. The number of allylic oxidation sites excluding steroid dienone is 1. The van der Waals surface area contributed by atoms with Gasteiger partial charge in [-0.2, -0.15) is 10.5 Å². The van der Waals surface area contributed by atoms with E-state index in [1.807, 2.05) is 12.1 Å². The smallest absolute Gasteiger partial charge is 0.123 e. The number of hydrogen-bond donors (Lipinski definition) is 0. The van der Waals surface area contributed by atoms with Crippen LogP contribution in [0.1, 0.15) is 12.0 Å². The summed E-state index contributed by atoms with van der Waals surface area (Å²) in [5.41, 5.74) is 1.09. The van der Waals surface area contributed by atoms with E-state index in [-0.39, 0.29) is 12.2 Å². The molecule has 0 amide bonds. The van der Waals surface area contributed by atoms with Crippen molar-refractivity contribution >= 4 is 6.08 Å². The van der Waals surface area contributed by atoms with E-state index in [2.05, 4.69) is 0 Å². The van der Waals surface area contributed by atoms with Gasteiger partial charge in [0.25, 0.3) is 0 Å². The molecule has 0 spiro atoms. The van der Waals surface area contributed by atoms with Crippen LogP contribution in [0.25, 0.3) is 6.08 Å². The van der Waals surface area contributed by atoms with Gasteiger partial charge < -0.3 is 0 Å². The molecule has 0 unspecified atom stereocenters. The van der Waals surface area contributed by atoms with Crippen LogP contribution < -0.4 is 0 Å². The maximum Gasteiger partial charge on any atom is 0.123 e. The third-order valence-electron chi connectivity index (χ3n) is 1.62. The van der Waals surface area contributed by atoms with Crippen molar-refractivity contribution in [2.75, 3.05) is 0 Å². The molecule has 0 aliphatic heterocycles. The van der Waals surface area contributed by atoms with Gasteiger partial charge in [0.15, 0.2) is 0 Å². The van der Waals surface area contributed by atoms with E-state index in [4.69, 9.17) is 10.5 Å². The lowest BCUT2D eigenvalue weighted by Gasteiger charge is -1.93. The van der Waals surface area contributed by atoms with E-state index < -0.39 is 0 Å². The first kappa shape index (κ1) is 9.95. The maximum absolute atomic E-state index is 12.5. The van der Waals surface area contributed by atoms with Crippen LogP contribution in [0.3, 0.4) is 0 Å². The normalized spacial score (nSPS) is 10.4. The van der Waals surface area contributed by atoms with Gasteiger partial charge in [-0.3, -0.25) is 0 Å². The molecule has 1 aromatic rings. The fourth-order valence-electron chi connectivity index (χ4n) is 0.968. The highest BCUT2D eigenvalue weighted by Gasteiger charge is 1.95. The summed E-state index contributed by atoms with van der Waals surface area (Å²) in [6, 6.07) is 9.54. The Hall–Kier alpha value is -2.13. The lowest BCUT2D eigenvalue weighted by Crippen LogP contribution is -1.79. The van der Waals surface area contributed by atoms with Crippen molar-refractivity contribution < 1.29 is 4.39 Å². The molecule has 0 heterocycles. The van der Waals surface area contributed by atoms with Crippen molar-refractivity contribution in [3.8, 4) is 12.1 Å². The molecule has 1 rings (SSSR count). The molecule has 0 bridgehead atoms. The van der Waals surface area contributed by atoms with E-state index >= 15 is 0 Å². The molecule has 0 radical (unpaired) electrons. The standard InChI is InChI=1S/C11H7FN2/c12-11-3-1-9(2-4-11)7-10(8-14)5-6-13/h1-4,7H,5H2/b10-7-. The number of benzene rings is 1. The van der Waals surface area contributed by atoms with Gasteiger partial charge >= 0.3 is 0 Å². The zero-order chi connectivity index (χ0) is 10.4. The highest BCUT2D eigenvalue weighted by molar-refractivity contribution is 5.57. The predicted molar refractivity (Wildman–Crippen MR) is 50.2 cm³/mol. The van der Waals surface area contributed by atoms with Crippen molar-refractivity contribution in [3.63, 3.8) is 0 Å². The van der Waals surface area contributed by atoms with E-state index in [0.717, 1.165) is 5.56 Å². The minimum atomic E-state index is -0.319. The molecule has 3 heteroatoms. The first-order chi connectivity index (χ1) is 6.76. The van der Waals surface area contributed by atoms with Gasteiger partial charge in [0.05, 0.1) is 18.6 Å². The Bertz CT molecular complexity index is 418. The second kappa shape index (κ2) is 4.79. The first-order valence-corrected chi connectivity index (χ1v) is 3.99. The molecule has 0 aliphatic carbocycles. The number of rotatable bonds is 2. The van der Waals surface area contributed by atoms with E-state index in [1.165, 1.54) is 12.1 Å². The van der Waals surface area contributed by atoms with Crippen molar-refractivity contribution in [1.82, 2.24) is 0 Å². The average Bonchev–Trinajstić information content (AvgIpc) is 2.20. The summed E-state index contributed by atoms with van der Waals surface area (Å²) in [4.78, 5) is 0. The summed E-state index contributed by atoms with van der Waals surface area (Å²) < 4.78 is 12.5. The second-order valence-electron chi connectivity index (χ2n) is 2.67. The fraction of sp³-hybridized carbons (Fsp3) is 0.0909. The number of nitrogens with zero attached hydrogens (tertiary/aromatic N) is 2. The van der Waals surface area contributed by atoms with Crippen LogP contribution in [0.4, 0.5) is 4.39 Å².